The van der Waals surface area contributed by atoms with Gasteiger partial charge < -0.3 is 20.6 Å². The first-order chi connectivity index (χ1) is 13.7. The van der Waals surface area contributed by atoms with Crippen molar-refractivity contribution in [2.24, 2.45) is 4.99 Å². The molecule has 158 valence electrons. The van der Waals surface area contributed by atoms with Crippen molar-refractivity contribution in [3.8, 4) is 0 Å². The average Bonchev–Trinajstić information content (AvgIpc) is 2.73. The number of anilines is 1. The summed E-state index contributed by atoms with van der Waals surface area (Å²) in [6, 6.07) is 16.8. The monoisotopic (exact) mass is 508 g/mol. The van der Waals surface area contributed by atoms with E-state index in [1.165, 1.54) is 23.2 Å². The first-order valence-electron chi connectivity index (χ1n) is 10.2. The number of nitrogens with one attached hydrogen (secondary N) is 2. The minimum atomic E-state index is 0. The van der Waals surface area contributed by atoms with Gasteiger partial charge in [-0.3, -0.25) is 0 Å². The molecule has 3 rings (SSSR count). The fourth-order valence-electron chi connectivity index (χ4n) is 3.68. The third-order valence-corrected chi connectivity index (χ3v) is 5.27. The van der Waals surface area contributed by atoms with Crippen LogP contribution in [0.15, 0.2) is 53.5 Å². The van der Waals surface area contributed by atoms with Crippen molar-refractivity contribution in [2.75, 3.05) is 38.2 Å². The predicted octanol–water partition coefficient (Wildman–Crippen LogP) is 3.52. The van der Waals surface area contributed by atoms with E-state index in [0.717, 1.165) is 31.0 Å². The Labute approximate surface area is 191 Å². The molecule has 1 heterocycles. The number of nitrogens with zero attached hydrogens (tertiary/aromatic N) is 2. The Kier molecular flexibility index (Phi) is 9.73. The number of aliphatic hydroxyl groups excluding tert-OH is 1. The molecule has 1 aliphatic heterocycles. The Morgan fingerprint density at radius 3 is 2.69 bits per heavy atom. The molecule has 6 heteroatoms. The van der Waals surface area contributed by atoms with Gasteiger partial charge in [0.1, 0.15) is 0 Å². The number of benzene rings is 2. The molecule has 0 saturated heterocycles. The second kappa shape index (κ2) is 12.0. The van der Waals surface area contributed by atoms with Crippen LogP contribution in [0.1, 0.15) is 36.0 Å². The first-order valence-corrected chi connectivity index (χ1v) is 10.2. The highest BCUT2D eigenvalue weighted by molar-refractivity contribution is 14.0. The molecular formula is C23H33IN4O. The van der Waals surface area contributed by atoms with E-state index in [1.54, 1.807) is 0 Å². The summed E-state index contributed by atoms with van der Waals surface area (Å²) < 4.78 is 0. The van der Waals surface area contributed by atoms with E-state index in [1.807, 2.05) is 18.2 Å². The molecule has 1 unspecified atom stereocenters. The summed E-state index contributed by atoms with van der Waals surface area (Å²) in [7, 11) is 2.16. The maximum Gasteiger partial charge on any atom is 0.191 e. The Balaban J connectivity index is 0.00000300. The molecule has 2 aromatic carbocycles. The molecule has 0 radical (unpaired) electrons. The highest BCUT2D eigenvalue weighted by atomic mass is 127. The second-order valence-electron chi connectivity index (χ2n) is 7.35. The quantitative estimate of drug-likeness (QED) is 0.305. The van der Waals surface area contributed by atoms with Gasteiger partial charge in [0.05, 0.1) is 13.2 Å². The number of halogens is 1. The summed E-state index contributed by atoms with van der Waals surface area (Å²) in [5.41, 5.74) is 5.13. The van der Waals surface area contributed by atoms with Crippen molar-refractivity contribution >= 4 is 35.6 Å². The molecule has 0 amide bonds. The van der Waals surface area contributed by atoms with Gasteiger partial charge in [0, 0.05) is 38.3 Å². The summed E-state index contributed by atoms with van der Waals surface area (Å²) in [4.78, 5) is 7.08. The minimum Gasteiger partial charge on any atom is -0.396 e. The third-order valence-electron chi connectivity index (χ3n) is 5.27. The average molecular weight is 508 g/mol. The number of hydrogen-bond acceptors (Lipinski definition) is 3. The molecular weight excluding hydrogens is 475 g/mol. The van der Waals surface area contributed by atoms with E-state index in [9.17, 15) is 5.11 Å². The standard InChI is InChI=1S/C23H32N4O.HI/c1-3-24-23(26-16-21(17-28)19-8-5-4-6-9-19)25-15-18-11-12-22-20(14-18)10-7-13-27(22)2;/h4-6,8-9,11-12,14,21,28H,3,7,10,13,15-17H2,1-2H3,(H2,24,25,26);1H. The first kappa shape index (κ1) is 23.5. The minimum absolute atomic E-state index is 0. The molecule has 29 heavy (non-hydrogen) atoms. The Bertz CT molecular complexity index is 782. The lowest BCUT2D eigenvalue weighted by Crippen LogP contribution is -2.39. The van der Waals surface area contributed by atoms with Gasteiger partial charge in [0.2, 0.25) is 0 Å². The molecule has 2 aromatic rings. The highest BCUT2D eigenvalue weighted by Crippen LogP contribution is 2.27. The van der Waals surface area contributed by atoms with Gasteiger partial charge in [-0.2, -0.15) is 0 Å². The van der Waals surface area contributed by atoms with E-state index in [-0.39, 0.29) is 36.5 Å². The molecule has 5 nitrogen and oxygen atoms in total. The van der Waals surface area contributed by atoms with Crippen LogP contribution in [0.2, 0.25) is 0 Å². The molecule has 0 bridgehead atoms. The maximum atomic E-state index is 9.76. The fraction of sp³-hybridized carbons (Fsp3) is 0.435. The summed E-state index contributed by atoms with van der Waals surface area (Å²) in [5.74, 6) is 0.830. The maximum absolute atomic E-state index is 9.76. The number of fused-ring (bicyclic) bond motifs is 1. The van der Waals surface area contributed by atoms with Gasteiger partial charge in [-0.1, -0.05) is 42.5 Å². The lowest BCUT2D eigenvalue weighted by molar-refractivity contribution is 0.265. The van der Waals surface area contributed by atoms with Crippen molar-refractivity contribution in [3.05, 3.63) is 65.2 Å². The summed E-state index contributed by atoms with van der Waals surface area (Å²) >= 11 is 0. The van der Waals surface area contributed by atoms with Crippen LogP contribution in [-0.4, -0.2) is 44.4 Å². The van der Waals surface area contributed by atoms with Crippen molar-refractivity contribution in [1.29, 1.82) is 0 Å². The Hall–Kier alpha value is -1.80. The van der Waals surface area contributed by atoms with E-state index in [0.29, 0.717) is 13.1 Å². The van der Waals surface area contributed by atoms with Crippen molar-refractivity contribution in [1.82, 2.24) is 10.6 Å². The van der Waals surface area contributed by atoms with E-state index in [4.69, 9.17) is 4.99 Å². The summed E-state index contributed by atoms with van der Waals surface area (Å²) in [5, 5.41) is 16.4. The number of guanidine groups is 1. The van der Waals surface area contributed by atoms with Gasteiger partial charge in [0.25, 0.3) is 0 Å². The zero-order chi connectivity index (χ0) is 19.8. The van der Waals surface area contributed by atoms with Gasteiger partial charge in [0.15, 0.2) is 5.96 Å². The van der Waals surface area contributed by atoms with Crippen LogP contribution in [0.25, 0.3) is 0 Å². The van der Waals surface area contributed by atoms with Crippen LogP contribution in [0.4, 0.5) is 5.69 Å². The van der Waals surface area contributed by atoms with E-state index >= 15 is 0 Å². The highest BCUT2D eigenvalue weighted by Gasteiger charge is 2.14. The lowest BCUT2D eigenvalue weighted by Gasteiger charge is -2.27. The second-order valence-corrected chi connectivity index (χ2v) is 7.35. The zero-order valence-electron chi connectivity index (χ0n) is 17.4. The largest absolute Gasteiger partial charge is 0.396 e. The Morgan fingerprint density at radius 1 is 1.17 bits per heavy atom. The van der Waals surface area contributed by atoms with Gasteiger partial charge >= 0.3 is 0 Å². The van der Waals surface area contributed by atoms with Crippen molar-refractivity contribution in [2.45, 2.75) is 32.2 Å². The third kappa shape index (κ3) is 6.60. The lowest BCUT2D eigenvalue weighted by atomic mass is 10.00. The van der Waals surface area contributed by atoms with Gasteiger partial charge in [-0.25, -0.2) is 4.99 Å². The normalized spacial score (nSPS) is 14.6. The van der Waals surface area contributed by atoms with Crippen molar-refractivity contribution < 1.29 is 5.11 Å². The summed E-state index contributed by atoms with van der Waals surface area (Å²) in [6.45, 7) is 5.38. The molecule has 1 aliphatic rings. The van der Waals surface area contributed by atoms with Crippen LogP contribution < -0.4 is 15.5 Å². The number of aryl methyl sites for hydroxylation is 1. The number of hydrogen-bond donors (Lipinski definition) is 3. The van der Waals surface area contributed by atoms with Crippen LogP contribution in [-0.2, 0) is 13.0 Å². The number of rotatable bonds is 7. The molecule has 1 atom stereocenters. The fourth-order valence-corrected chi connectivity index (χ4v) is 3.68. The summed E-state index contributed by atoms with van der Waals surface area (Å²) in [6.07, 6.45) is 2.35. The molecule has 0 aromatic heterocycles. The zero-order valence-corrected chi connectivity index (χ0v) is 19.7. The molecule has 0 aliphatic carbocycles. The van der Waals surface area contributed by atoms with Crippen LogP contribution in [0.3, 0.4) is 0 Å². The van der Waals surface area contributed by atoms with Gasteiger partial charge in [-0.15, -0.1) is 24.0 Å². The van der Waals surface area contributed by atoms with Crippen LogP contribution in [0, 0.1) is 0 Å². The molecule has 0 saturated carbocycles. The van der Waals surface area contributed by atoms with E-state index in [2.05, 4.69) is 59.8 Å². The van der Waals surface area contributed by atoms with Crippen LogP contribution in [0.5, 0.6) is 0 Å². The van der Waals surface area contributed by atoms with Crippen molar-refractivity contribution in [3.63, 3.8) is 0 Å². The predicted molar refractivity (Wildman–Crippen MR) is 133 cm³/mol. The number of aliphatic hydroxyl groups is 1. The SMILES string of the molecule is CCNC(=NCc1ccc2c(c1)CCCN2C)NCC(CO)c1ccccc1.I. The number of aliphatic imine (C=N–C) groups is 1. The smallest absolute Gasteiger partial charge is 0.191 e. The van der Waals surface area contributed by atoms with Gasteiger partial charge in [-0.05, 0) is 42.5 Å². The van der Waals surface area contributed by atoms with E-state index < -0.39 is 0 Å². The van der Waals surface area contributed by atoms with Crippen LogP contribution >= 0.6 is 24.0 Å². The topological polar surface area (TPSA) is 59.9 Å². The molecule has 0 fully saturated rings. The molecule has 0 spiro atoms. The Morgan fingerprint density at radius 2 is 1.97 bits per heavy atom. The molecule has 3 N–H and O–H groups in total.